The number of nitrogens with one attached hydrogen (secondary N) is 1. The number of rotatable bonds is 4. The fraction of sp³-hybridized carbons (Fsp3) is 0.227. The molecule has 1 aromatic carbocycles. The Labute approximate surface area is 163 Å². The number of nitrogens with zero attached hydrogens (tertiary/aromatic N) is 4. The number of fused-ring (bicyclic) bond motifs is 1. The Balaban J connectivity index is 1.70. The van der Waals surface area contributed by atoms with Crippen LogP contribution in [-0.4, -0.2) is 26.6 Å². The third-order valence-electron chi connectivity index (χ3n) is 5.64. The van der Waals surface area contributed by atoms with Crippen LogP contribution in [0, 0.1) is 0 Å². The molecule has 5 rings (SSSR count). The van der Waals surface area contributed by atoms with Crippen LogP contribution in [0.15, 0.2) is 60.9 Å². The summed E-state index contributed by atoms with van der Waals surface area (Å²) < 4.78 is 2.13. The maximum atomic E-state index is 6.50. The zero-order chi connectivity index (χ0) is 19.1. The van der Waals surface area contributed by atoms with E-state index in [2.05, 4.69) is 50.2 Å². The number of aromatic nitrogens is 4. The molecule has 1 aliphatic rings. The van der Waals surface area contributed by atoms with Crippen LogP contribution >= 0.6 is 0 Å². The first-order chi connectivity index (χ1) is 13.7. The summed E-state index contributed by atoms with van der Waals surface area (Å²) in [6.07, 6.45) is 6.95. The third-order valence-corrected chi connectivity index (χ3v) is 5.64. The second-order valence-electron chi connectivity index (χ2n) is 7.36. The summed E-state index contributed by atoms with van der Waals surface area (Å²) in [7, 11) is 1.82. The predicted octanol–water partition coefficient (Wildman–Crippen LogP) is 3.86. The van der Waals surface area contributed by atoms with Crippen molar-refractivity contribution in [3.8, 4) is 17.1 Å². The Hall–Kier alpha value is -3.25. The van der Waals surface area contributed by atoms with Gasteiger partial charge in [0.2, 0.25) is 5.95 Å². The minimum absolute atomic E-state index is 0.164. The lowest BCUT2D eigenvalue weighted by Crippen LogP contribution is -2.43. The number of hydrogen-bond donors (Lipinski definition) is 2. The Kier molecular flexibility index (Phi) is 3.87. The van der Waals surface area contributed by atoms with Crippen LogP contribution in [0.5, 0.6) is 0 Å². The summed E-state index contributed by atoms with van der Waals surface area (Å²) in [5, 5.41) is 3.99. The van der Waals surface area contributed by atoms with Gasteiger partial charge in [-0.05, 0) is 55.2 Å². The first-order valence-corrected chi connectivity index (χ1v) is 9.55. The molecule has 140 valence electrons. The lowest BCUT2D eigenvalue weighted by Gasteiger charge is -2.38. The molecule has 3 aromatic heterocycles. The van der Waals surface area contributed by atoms with Crippen LogP contribution in [0.2, 0.25) is 0 Å². The summed E-state index contributed by atoms with van der Waals surface area (Å²) in [6, 6.07) is 16.5. The molecule has 0 bridgehead atoms. The average molecular weight is 370 g/mol. The van der Waals surface area contributed by atoms with Gasteiger partial charge in [-0.1, -0.05) is 18.2 Å². The highest BCUT2D eigenvalue weighted by atomic mass is 15.1. The van der Waals surface area contributed by atoms with Crippen LogP contribution in [0.4, 0.5) is 5.95 Å². The van der Waals surface area contributed by atoms with Crippen molar-refractivity contribution in [2.45, 2.75) is 24.8 Å². The molecule has 3 N–H and O–H groups in total. The van der Waals surface area contributed by atoms with Crippen LogP contribution in [-0.2, 0) is 5.54 Å². The van der Waals surface area contributed by atoms with Gasteiger partial charge in [0.1, 0.15) is 0 Å². The zero-order valence-corrected chi connectivity index (χ0v) is 15.8. The Bertz CT molecular complexity index is 1130. The van der Waals surface area contributed by atoms with Crippen LogP contribution in [0.1, 0.15) is 24.8 Å². The van der Waals surface area contributed by atoms with Gasteiger partial charge in [-0.3, -0.25) is 9.55 Å². The maximum Gasteiger partial charge on any atom is 0.224 e. The molecule has 0 radical (unpaired) electrons. The van der Waals surface area contributed by atoms with E-state index in [0.29, 0.717) is 5.95 Å². The molecule has 1 saturated carbocycles. The van der Waals surface area contributed by atoms with Crippen molar-refractivity contribution in [1.29, 1.82) is 0 Å². The molecule has 0 unspecified atom stereocenters. The van der Waals surface area contributed by atoms with Gasteiger partial charge in [0, 0.05) is 36.1 Å². The van der Waals surface area contributed by atoms with Crippen molar-refractivity contribution in [2.24, 2.45) is 5.73 Å². The fourth-order valence-corrected chi connectivity index (χ4v) is 3.86. The van der Waals surface area contributed by atoms with E-state index in [1.165, 1.54) is 12.0 Å². The van der Waals surface area contributed by atoms with E-state index in [1.54, 1.807) is 6.20 Å². The van der Waals surface area contributed by atoms with E-state index in [9.17, 15) is 0 Å². The smallest absolute Gasteiger partial charge is 0.224 e. The van der Waals surface area contributed by atoms with E-state index in [-0.39, 0.29) is 5.54 Å². The number of pyridine rings is 1. The summed E-state index contributed by atoms with van der Waals surface area (Å²) in [5.74, 6) is 0.589. The van der Waals surface area contributed by atoms with E-state index in [1.807, 2.05) is 31.4 Å². The molecular formula is C22H22N6. The summed E-state index contributed by atoms with van der Waals surface area (Å²) in [5.41, 5.74) is 11.3. The summed E-state index contributed by atoms with van der Waals surface area (Å²) >= 11 is 0. The molecule has 0 saturated heterocycles. The van der Waals surface area contributed by atoms with Crippen LogP contribution < -0.4 is 11.1 Å². The van der Waals surface area contributed by atoms with Gasteiger partial charge in [-0.2, -0.15) is 4.98 Å². The van der Waals surface area contributed by atoms with Crippen molar-refractivity contribution in [2.75, 3.05) is 12.4 Å². The minimum atomic E-state index is -0.164. The lowest BCUT2D eigenvalue weighted by molar-refractivity contribution is 0.253. The first kappa shape index (κ1) is 16.9. The Morgan fingerprint density at radius 2 is 1.89 bits per heavy atom. The molecule has 0 amide bonds. The Morgan fingerprint density at radius 3 is 2.54 bits per heavy atom. The molecule has 6 nitrogen and oxygen atoms in total. The van der Waals surface area contributed by atoms with Gasteiger partial charge in [-0.25, -0.2) is 4.98 Å². The highest BCUT2D eigenvalue weighted by molar-refractivity contribution is 5.86. The molecule has 1 aliphatic carbocycles. The second-order valence-corrected chi connectivity index (χ2v) is 7.36. The monoisotopic (exact) mass is 370 g/mol. The molecule has 0 aliphatic heterocycles. The molecule has 3 heterocycles. The third kappa shape index (κ3) is 2.65. The molecule has 6 heteroatoms. The predicted molar refractivity (Wildman–Crippen MR) is 111 cm³/mol. The zero-order valence-electron chi connectivity index (χ0n) is 15.8. The largest absolute Gasteiger partial charge is 0.357 e. The van der Waals surface area contributed by atoms with Gasteiger partial charge in [0.05, 0.1) is 11.4 Å². The van der Waals surface area contributed by atoms with Gasteiger partial charge in [-0.15, -0.1) is 0 Å². The van der Waals surface area contributed by atoms with Gasteiger partial charge >= 0.3 is 0 Å². The maximum absolute atomic E-state index is 6.50. The summed E-state index contributed by atoms with van der Waals surface area (Å²) in [4.78, 5) is 13.6. The first-order valence-electron chi connectivity index (χ1n) is 9.55. The minimum Gasteiger partial charge on any atom is -0.357 e. The van der Waals surface area contributed by atoms with Crippen LogP contribution in [0.25, 0.3) is 28.1 Å². The van der Waals surface area contributed by atoms with Gasteiger partial charge in [0.15, 0.2) is 5.65 Å². The van der Waals surface area contributed by atoms with E-state index in [4.69, 9.17) is 10.7 Å². The highest BCUT2D eigenvalue weighted by Gasteiger charge is 2.34. The number of anilines is 1. The van der Waals surface area contributed by atoms with Crippen molar-refractivity contribution in [1.82, 2.24) is 19.5 Å². The standard InChI is InChI=1S/C22H22N6/c1-24-21-26-14-15-13-19(18-5-2-3-12-25-18)28(20(15)27-21)17-8-6-16(7-9-17)22(23)10-4-11-22/h2-3,5-9,12-14H,4,10-11,23H2,1H3,(H,24,26,27). The molecule has 0 atom stereocenters. The highest BCUT2D eigenvalue weighted by Crippen LogP contribution is 2.39. The van der Waals surface area contributed by atoms with E-state index in [0.717, 1.165) is 41.0 Å². The van der Waals surface area contributed by atoms with E-state index >= 15 is 0 Å². The number of nitrogens with two attached hydrogens (primary N) is 1. The molecule has 0 spiro atoms. The molecular weight excluding hydrogens is 348 g/mol. The number of hydrogen-bond acceptors (Lipinski definition) is 5. The van der Waals surface area contributed by atoms with Crippen molar-refractivity contribution < 1.29 is 0 Å². The molecule has 28 heavy (non-hydrogen) atoms. The van der Waals surface area contributed by atoms with Crippen molar-refractivity contribution >= 4 is 17.0 Å². The second kappa shape index (κ2) is 6.42. The topological polar surface area (TPSA) is 81.7 Å². The lowest BCUT2D eigenvalue weighted by atomic mass is 9.73. The van der Waals surface area contributed by atoms with Gasteiger partial charge < -0.3 is 11.1 Å². The van der Waals surface area contributed by atoms with Crippen molar-refractivity contribution in [3.63, 3.8) is 0 Å². The normalized spacial score (nSPS) is 15.4. The van der Waals surface area contributed by atoms with Crippen LogP contribution in [0.3, 0.4) is 0 Å². The molecule has 4 aromatic rings. The molecule has 1 fully saturated rings. The van der Waals surface area contributed by atoms with Gasteiger partial charge in [0.25, 0.3) is 0 Å². The van der Waals surface area contributed by atoms with E-state index < -0.39 is 0 Å². The van der Waals surface area contributed by atoms with Crippen molar-refractivity contribution in [3.05, 3.63) is 66.5 Å². The summed E-state index contributed by atoms with van der Waals surface area (Å²) in [6.45, 7) is 0. The fourth-order valence-electron chi connectivity index (χ4n) is 3.86. The SMILES string of the molecule is CNc1ncc2cc(-c3ccccn3)n(-c3ccc(C4(N)CCC4)cc3)c2n1. The Morgan fingerprint density at radius 1 is 1.07 bits per heavy atom. The number of benzene rings is 1. The quantitative estimate of drug-likeness (QED) is 0.570. The average Bonchev–Trinajstić information content (AvgIpc) is 3.11.